The number of anilines is 2. The standard InChI is InChI=1S/C27H37N5O4/c1-3-36-26-20-23(6-9-25(26)32(34)35)28-22-10-14-31(15-11-22)27(33)12-13-29-16-18-30(19-17-29)24-7-4-21(2)5-8-24/h4-9,20,22,28H,3,10-19H2,1-2H3. The van der Waals surface area contributed by atoms with Crippen molar-refractivity contribution in [3.63, 3.8) is 0 Å². The molecule has 2 aliphatic rings. The second-order valence-electron chi connectivity index (χ2n) is 9.59. The highest BCUT2D eigenvalue weighted by Gasteiger charge is 2.25. The molecule has 9 heteroatoms. The lowest BCUT2D eigenvalue weighted by Gasteiger charge is -2.37. The lowest BCUT2D eigenvalue weighted by Crippen LogP contribution is -2.48. The van der Waals surface area contributed by atoms with Crippen LogP contribution in [0.1, 0.15) is 31.7 Å². The first-order valence-electron chi connectivity index (χ1n) is 12.9. The summed E-state index contributed by atoms with van der Waals surface area (Å²) in [5, 5.41) is 14.7. The van der Waals surface area contributed by atoms with Crippen LogP contribution in [0.25, 0.3) is 0 Å². The summed E-state index contributed by atoms with van der Waals surface area (Å²) in [5.74, 6) is 0.503. The maximum absolute atomic E-state index is 12.8. The predicted octanol–water partition coefficient (Wildman–Crippen LogP) is 3.92. The van der Waals surface area contributed by atoms with Gasteiger partial charge in [-0.3, -0.25) is 19.8 Å². The summed E-state index contributed by atoms with van der Waals surface area (Å²) < 4.78 is 5.44. The fourth-order valence-electron chi connectivity index (χ4n) is 4.93. The molecule has 0 aromatic heterocycles. The van der Waals surface area contributed by atoms with E-state index in [0.29, 0.717) is 13.0 Å². The van der Waals surface area contributed by atoms with Crippen molar-refractivity contribution in [1.29, 1.82) is 0 Å². The number of benzene rings is 2. The van der Waals surface area contributed by atoms with Gasteiger partial charge in [0.25, 0.3) is 0 Å². The Morgan fingerprint density at radius 1 is 1.06 bits per heavy atom. The van der Waals surface area contributed by atoms with E-state index in [2.05, 4.69) is 46.3 Å². The Morgan fingerprint density at radius 2 is 1.75 bits per heavy atom. The van der Waals surface area contributed by atoms with Gasteiger partial charge in [0.15, 0.2) is 5.75 Å². The first-order chi connectivity index (χ1) is 17.4. The van der Waals surface area contributed by atoms with E-state index in [1.807, 2.05) is 11.8 Å². The van der Waals surface area contributed by atoms with Crippen LogP contribution in [-0.4, -0.2) is 79.1 Å². The predicted molar refractivity (Wildman–Crippen MR) is 142 cm³/mol. The number of ether oxygens (including phenoxy) is 1. The van der Waals surface area contributed by atoms with Gasteiger partial charge in [0.2, 0.25) is 5.91 Å². The van der Waals surface area contributed by atoms with Gasteiger partial charge in [-0.1, -0.05) is 17.7 Å². The topological polar surface area (TPSA) is 91.2 Å². The van der Waals surface area contributed by atoms with E-state index >= 15 is 0 Å². The minimum Gasteiger partial charge on any atom is -0.487 e. The normalized spacial score (nSPS) is 17.2. The maximum Gasteiger partial charge on any atom is 0.311 e. The molecule has 2 saturated heterocycles. The zero-order valence-corrected chi connectivity index (χ0v) is 21.3. The number of nitro benzene ring substituents is 1. The average molecular weight is 496 g/mol. The highest BCUT2D eigenvalue weighted by atomic mass is 16.6. The van der Waals surface area contributed by atoms with E-state index in [1.165, 1.54) is 17.3 Å². The highest BCUT2D eigenvalue weighted by Crippen LogP contribution is 2.31. The van der Waals surface area contributed by atoms with E-state index in [-0.39, 0.29) is 23.4 Å². The number of likely N-dealkylation sites (tertiary alicyclic amines) is 1. The summed E-state index contributed by atoms with van der Waals surface area (Å²) in [5.41, 5.74) is 3.33. The SMILES string of the molecule is CCOc1cc(NC2CCN(C(=O)CCN3CCN(c4ccc(C)cc4)CC3)CC2)ccc1[N+](=O)[O-]. The Bertz CT molecular complexity index is 1030. The summed E-state index contributed by atoms with van der Waals surface area (Å²) in [7, 11) is 0. The van der Waals surface area contributed by atoms with Crippen molar-refractivity contribution >= 4 is 23.0 Å². The zero-order chi connectivity index (χ0) is 25.5. The van der Waals surface area contributed by atoms with Crippen molar-refractivity contribution in [1.82, 2.24) is 9.80 Å². The summed E-state index contributed by atoms with van der Waals surface area (Å²) in [6.07, 6.45) is 2.26. The van der Waals surface area contributed by atoms with Crippen molar-refractivity contribution < 1.29 is 14.5 Å². The molecule has 0 unspecified atom stereocenters. The number of nitrogens with one attached hydrogen (secondary N) is 1. The molecule has 2 fully saturated rings. The van der Waals surface area contributed by atoms with Crippen molar-refractivity contribution in [3.8, 4) is 5.75 Å². The molecule has 2 heterocycles. The second-order valence-corrected chi connectivity index (χ2v) is 9.59. The molecular formula is C27H37N5O4. The molecule has 9 nitrogen and oxygen atoms in total. The highest BCUT2D eigenvalue weighted by molar-refractivity contribution is 5.76. The molecule has 0 atom stereocenters. The molecule has 4 rings (SSSR count). The van der Waals surface area contributed by atoms with Crippen molar-refractivity contribution in [2.75, 3.05) is 62.6 Å². The number of hydrogen-bond donors (Lipinski definition) is 1. The monoisotopic (exact) mass is 495 g/mol. The first kappa shape index (κ1) is 25.8. The lowest BCUT2D eigenvalue weighted by atomic mass is 10.0. The third-order valence-electron chi connectivity index (χ3n) is 7.09. The van der Waals surface area contributed by atoms with Gasteiger partial charge in [0.1, 0.15) is 0 Å². The fraction of sp³-hybridized carbons (Fsp3) is 0.519. The lowest BCUT2D eigenvalue weighted by molar-refractivity contribution is -0.385. The molecule has 0 aliphatic carbocycles. The van der Waals surface area contributed by atoms with Crippen LogP contribution < -0.4 is 15.0 Å². The molecule has 1 amide bonds. The number of nitrogens with zero attached hydrogens (tertiary/aromatic N) is 4. The molecule has 2 aliphatic heterocycles. The van der Waals surface area contributed by atoms with Gasteiger partial charge in [-0.05, 0) is 44.9 Å². The molecule has 0 radical (unpaired) electrons. The van der Waals surface area contributed by atoms with Gasteiger partial charge in [-0.2, -0.15) is 0 Å². The number of rotatable bonds is 9. The van der Waals surface area contributed by atoms with Gasteiger partial charge in [-0.15, -0.1) is 0 Å². The number of carbonyl (C=O) groups excluding carboxylic acids is 1. The molecule has 0 bridgehead atoms. The maximum atomic E-state index is 12.8. The van der Waals surface area contributed by atoms with E-state index in [0.717, 1.165) is 64.3 Å². The van der Waals surface area contributed by atoms with Gasteiger partial charge >= 0.3 is 5.69 Å². The van der Waals surface area contributed by atoms with E-state index in [4.69, 9.17) is 4.74 Å². The molecule has 2 aromatic carbocycles. The Morgan fingerprint density at radius 3 is 2.39 bits per heavy atom. The summed E-state index contributed by atoms with van der Waals surface area (Å²) >= 11 is 0. The Hall–Kier alpha value is -3.33. The quantitative estimate of drug-likeness (QED) is 0.416. The molecule has 36 heavy (non-hydrogen) atoms. The number of aryl methyl sites for hydroxylation is 1. The second kappa shape index (κ2) is 12.1. The number of nitro groups is 1. The molecule has 0 saturated carbocycles. The number of hydrogen-bond acceptors (Lipinski definition) is 7. The van der Waals surface area contributed by atoms with E-state index < -0.39 is 4.92 Å². The van der Waals surface area contributed by atoms with Gasteiger partial charge in [-0.25, -0.2) is 0 Å². The van der Waals surface area contributed by atoms with E-state index in [1.54, 1.807) is 12.1 Å². The minimum atomic E-state index is -0.428. The van der Waals surface area contributed by atoms with Crippen LogP contribution in [0.3, 0.4) is 0 Å². The first-order valence-corrected chi connectivity index (χ1v) is 12.9. The van der Waals surface area contributed by atoms with Crippen LogP contribution in [-0.2, 0) is 4.79 Å². The summed E-state index contributed by atoms with van der Waals surface area (Å²) in [6, 6.07) is 13.8. The summed E-state index contributed by atoms with van der Waals surface area (Å²) in [6.45, 7) is 10.5. The van der Waals surface area contributed by atoms with Crippen molar-refractivity contribution in [2.45, 2.75) is 39.2 Å². The molecule has 2 aromatic rings. The van der Waals surface area contributed by atoms with Crippen LogP contribution in [0.4, 0.5) is 17.1 Å². The van der Waals surface area contributed by atoms with Gasteiger partial charge in [0, 0.05) is 81.8 Å². The van der Waals surface area contributed by atoms with Gasteiger partial charge in [0.05, 0.1) is 11.5 Å². The van der Waals surface area contributed by atoms with E-state index in [9.17, 15) is 14.9 Å². The Kier molecular flexibility index (Phi) is 8.64. The number of piperidine rings is 1. The fourth-order valence-corrected chi connectivity index (χ4v) is 4.93. The van der Waals surface area contributed by atoms with Crippen LogP contribution in [0.2, 0.25) is 0 Å². The van der Waals surface area contributed by atoms with Crippen LogP contribution in [0.5, 0.6) is 5.75 Å². The smallest absolute Gasteiger partial charge is 0.311 e. The third-order valence-corrected chi connectivity index (χ3v) is 7.09. The average Bonchev–Trinajstić information content (AvgIpc) is 2.89. The zero-order valence-electron chi connectivity index (χ0n) is 21.3. The van der Waals surface area contributed by atoms with Crippen LogP contribution in [0, 0.1) is 17.0 Å². The van der Waals surface area contributed by atoms with Crippen LogP contribution in [0.15, 0.2) is 42.5 Å². The summed E-state index contributed by atoms with van der Waals surface area (Å²) in [4.78, 5) is 30.4. The largest absolute Gasteiger partial charge is 0.487 e. The molecular weight excluding hydrogens is 458 g/mol. The molecule has 1 N–H and O–H groups in total. The number of carbonyl (C=O) groups is 1. The Balaban J connectivity index is 1.18. The number of piperazine rings is 1. The Labute approximate surface area is 213 Å². The number of amides is 1. The third kappa shape index (κ3) is 6.66. The van der Waals surface area contributed by atoms with Crippen molar-refractivity contribution in [3.05, 3.63) is 58.1 Å². The van der Waals surface area contributed by atoms with Crippen molar-refractivity contribution in [2.24, 2.45) is 0 Å². The van der Waals surface area contributed by atoms with Gasteiger partial charge < -0.3 is 19.9 Å². The molecule has 0 spiro atoms. The minimum absolute atomic E-state index is 0.0284. The van der Waals surface area contributed by atoms with Crippen LogP contribution >= 0.6 is 0 Å². The molecule has 194 valence electrons.